The minimum Gasteiger partial charge on any atom is -0.320 e. The summed E-state index contributed by atoms with van der Waals surface area (Å²) >= 11 is 0. The second kappa shape index (κ2) is 6.11. The number of nitrogens with one attached hydrogen (secondary N) is 1. The monoisotopic (exact) mass is 333 g/mol. The Kier molecular flexibility index (Phi) is 3.98. The standard InChI is InChI=1S/C15H10F3N5O/c16-15(17,18)11-3-6-21-12(13(11)23-8-7-20-9-23)14(24)22-10-1-4-19-5-2-10/h1-9H,(H,19,22,24). The highest BCUT2D eigenvalue weighted by Crippen LogP contribution is 2.34. The molecule has 0 bridgehead atoms. The number of carbonyl (C=O) groups is 1. The molecule has 0 spiro atoms. The van der Waals surface area contributed by atoms with E-state index in [4.69, 9.17) is 0 Å². The highest BCUT2D eigenvalue weighted by atomic mass is 19.4. The lowest BCUT2D eigenvalue weighted by Gasteiger charge is -2.16. The molecule has 0 saturated carbocycles. The highest BCUT2D eigenvalue weighted by molar-refractivity contribution is 6.05. The Morgan fingerprint density at radius 1 is 1.04 bits per heavy atom. The number of hydrogen-bond donors (Lipinski definition) is 1. The number of amides is 1. The van der Waals surface area contributed by atoms with Crippen LogP contribution in [0.4, 0.5) is 18.9 Å². The van der Waals surface area contributed by atoms with Crippen molar-refractivity contribution in [3.05, 3.63) is 66.8 Å². The van der Waals surface area contributed by atoms with Gasteiger partial charge >= 0.3 is 6.18 Å². The molecule has 9 heteroatoms. The fourth-order valence-electron chi connectivity index (χ4n) is 2.13. The topological polar surface area (TPSA) is 72.7 Å². The molecule has 1 amide bonds. The molecule has 0 fully saturated rings. The van der Waals surface area contributed by atoms with E-state index in [2.05, 4.69) is 20.3 Å². The zero-order chi connectivity index (χ0) is 17.2. The van der Waals surface area contributed by atoms with Crippen LogP contribution in [-0.2, 0) is 6.18 Å². The summed E-state index contributed by atoms with van der Waals surface area (Å²) in [7, 11) is 0. The van der Waals surface area contributed by atoms with E-state index in [1.54, 1.807) is 0 Å². The van der Waals surface area contributed by atoms with Gasteiger partial charge in [-0.15, -0.1) is 0 Å². The van der Waals surface area contributed by atoms with E-state index in [0.29, 0.717) is 5.69 Å². The van der Waals surface area contributed by atoms with Gasteiger partial charge in [-0.2, -0.15) is 13.2 Å². The van der Waals surface area contributed by atoms with Crippen molar-refractivity contribution in [2.45, 2.75) is 6.18 Å². The predicted molar refractivity (Wildman–Crippen MR) is 78.6 cm³/mol. The molecular formula is C15H10F3N5O. The van der Waals surface area contributed by atoms with Crippen LogP contribution in [0.3, 0.4) is 0 Å². The molecule has 0 aliphatic rings. The Balaban J connectivity index is 2.09. The van der Waals surface area contributed by atoms with Crippen LogP contribution in [0.15, 0.2) is 55.5 Å². The number of imidazole rings is 1. The molecule has 1 N–H and O–H groups in total. The van der Waals surface area contributed by atoms with Crippen molar-refractivity contribution in [2.75, 3.05) is 5.32 Å². The third kappa shape index (κ3) is 3.09. The Morgan fingerprint density at radius 3 is 2.42 bits per heavy atom. The maximum Gasteiger partial charge on any atom is 0.418 e. The van der Waals surface area contributed by atoms with E-state index in [1.165, 1.54) is 43.2 Å². The van der Waals surface area contributed by atoms with Gasteiger partial charge in [0.2, 0.25) is 0 Å². The number of carbonyl (C=O) groups excluding carboxylic acids is 1. The molecule has 3 aromatic rings. The molecule has 0 aliphatic heterocycles. The third-order valence-electron chi connectivity index (χ3n) is 3.15. The van der Waals surface area contributed by atoms with Crippen molar-refractivity contribution in [1.82, 2.24) is 19.5 Å². The van der Waals surface area contributed by atoms with Crippen LogP contribution in [0.2, 0.25) is 0 Å². The summed E-state index contributed by atoms with van der Waals surface area (Å²) in [6.07, 6.45) is 3.01. The van der Waals surface area contributed by atoms with Gasteiger partial charge in [0.1, 0.15) is 0 Å². The van der Waals surface area contributed by atoms with E-state index in [1.807, 2.05) is 0 Å². The van der Waals surface area contributed by atoms with Gasteiger partial charge in [0.05, 0.1) is 17.6 Å². The summed E-state index contributed by atoms with van der Waals surface area (Å²) < 4.78 is 41.0. The zero-order valence-electron chi connectivity index (χ0n) is 12.0. The maximum atomic E-state index is 13.3. The summed E-state index contributed by atoms with van der Waals surface area (Å²) in [5.41, 5.74) is -1.32. The predicted octanol–water partition coefficient (Wildman–Crippen LogP) is 2.93. The lowest BCUT2D eigenvalue weighted by Crippen LogP contribution is -2.20. The number of halogens is 3. The summed E-state index contributed by atoms with van der Waals surface area (Å²) in [6.45, 7) is 0. The average molecular weight is 333 g/mol. The number of hydrogen-bond acceptors (Lipinski definition) is 4. The van der Waals surface area contributed by atoms with Crippen LogP contribution in [0.5, 0.6) is 0 Å². The van der Waals surface area contributed by atoms with Gasteiger partial charge in [0, 0.05) is 36.7 Å². The summed E-state index contributed by atoms with van der Waals surface area (Å²) in [6, 6.07) is 3.85. The van der Waals surface area contributed by atoms with Crippen molar-refractivity contribution >= 4 is 11.6 Å². The third-order valence-corrected chi connectivity index (χ3v) is 3.15. The number of rotatable bonds is 3. The van der Waals surface area contributed by atoms with Crippen LogP contribution in [-0.4, -0.2) is 25.4 Å². The van der Waals surface area contributed by atoms with Crippen LogP contribution in [0.25, 0.3) is 5.69 Å². The average Bonchev–Trinajstić information content (AvgIpc) is 3.08. The first kappa shape index (κ1) is 15.7. The molecule has 0 aliphatic carbocycles. The largest absolute Gasteiger partial charge is 0.418 e. The van der Waals surface area contributed by atoms with E-state index < -0.39 is 17.6 Å². The summed E-state index contributed by atoms with van der Waals surface area (Å²) in [5.74, 6) is -0.768. The van der Waals surface area contributed by atoms with E-state index in [9.17, 15) is 18.0 Å². The smallest absolute Gasteiger partial charge is 0.320 e. The van der Waals surface area contributed by atoms with E-state index in [0.717, 1.165) is 16.8 Å². The fraction of sp³-hybridized carbons (Fsp3) is 0.0667. The molecule has 0 atom stereocenters. The van der Waals surface area contributed by atoms with Crippen LogP contribution in [0, 0.1) is 0 Å². The molecule has 0 unspecified atom stereocenters. The zero-order valence-corrected chi connectivity index (χ0v) is 12.0. The SMILES string of the molecule is O=C(Nc1ccncc1)c1nccc(C(F)(F)F)c1-n1ccnc1. The lowest BCUT2D eigenvalue weighted by atomic mass is 10.1. The van der Waals surface area contributed by atoms with Gasteiger partial charge in [-0.05, 0) is 18.2 Å². The van der Waals surface area contributed by atoms with Crippen LogP contribution < -0.4 is 5.32 Å². The second-order valence-corrected chi connectivity index (χ2v) is 4.71. The van der Waals surface area contributed by atoms with Gasteiger partial charge in [-0.1, -0.05) is 0 Å². The Labute approximate surface area is 134 Å². The molecule has 0 radical (unpaired) electrons. The summed E-state index contributed by atoms with van der Waals surface area (Å²) in [5, 5.41) is 2.50. The van der Waals surface area contributed by atoms with Crippen molar-refractivity contribution in [3.8, 4) is 5.69 Å². The molecule has 0 saturated heterocycles. The highest BCUT2D eigenvalue weighted by Gasteiger charge is 2.36. The normalized spacial score (nSPS) is 11.3. The first-order chi connectivity index (χ1) is 11.5. The Morgan fingerprint density at radius 2 is 1.79 bits per heavy atom. The molecule has 3 rings (SSSR count). The Bertz CT molecular complexity index is 847. The number of alkyl halides is 3. The van der Waals surface area contributed by atoms with Gasteiger partial charge in [-0.3, -0.25) is 9.78 Å². The van der Waals surface area contributed by atoms with E-state index in [-0.39, 0.29) is 11.4 Å². The fourth-order valence-corrected chi connectivity index (χ4v) is 2.13. The molecule has 122 valence electrons. The van der Waals surface area contributed by atoms with Crippen molar-refractivity contribution in [2.24, 2.45) is 0 Å². The van der Waals surface area contributed by atoms with Crippen molar-refractivity contribution in [3.63, 3.8) is 0 Å². The second-order valence-electron chi connectivity index (χ2n) is 4.71. The first-order valence-electron chi connectivity index (χ1n) is 6.73. The Hall–Kier alpha value is -3.23. The number of nitrogens with zero attached hydrogens (tertiary/aromatic N) is 4. The first-order valence-corrected chi connectivity index (χ1v) is 6.73. The van der Waals surface area contributed by atoms with E-state index >= 15 is 0 Å². The number of pyridine rings is 2. The molecule has 0 aromatic carbocycles. The van der Waals surface area contributed by atoms with Gasteiger partial charge in [0.25, 0.3) is 5.91 Å². The molecule has 6 nitrogen and oxygen atoms in total. The summed E-state index contributed by atoms with van der Waals surface area (Å²) in [4.78, 5) is 23.8. The molecule has 3 aromatic heterocycles. The minimum atomic E-state index is -4.64. The quantitative estimate of drug-likeness (QED) is 0.800. The molecular weight excluding hydrogens is 323 g/mol. The van der Waals surface area contributed by atoms with Gasteiger partial charge in [0.15, 0.2) is 5.69 Å². The van der Waals surface area contributed by atoms with Gasteiger partial charge in [-0.25, -0.2) is 9.97 Å². The van der Waals surface area contributed by atoms with Gasteiger partial charge < -0.3 is 9.88 Å². The number of aromatic nitrogens is 4. The van der Waals surface area contributed by atoms with Crippen LogP contribution in [0.1, 0.15) is 16.1 Å². The molecule has 24 heavy (non-hydrogen) atoms. The molecule has 3 heterocycles. The maximum absolute atomic E-state index is 13.3. The van der Waals surface area contributed by atoms with Crippen molar-refractivity contribution in [1.29, 1.82) is 0 Å². The van der Waals surface area contributed by atoms with Crippen molar-refractivity contribution < 1.29 is 18.0 Å². The lowest BCUT2D eigenvalue weighted by molar-refractivity contribution is -0.137. The number of anilines is 1. The van der Waals surface area contributed by atoms with Crippen LogP contribution >= 0.6 is 0 Å². The minimum absolute atomic E-state index is 0.361.